The predicted molar refractivity (Wildman–Crippen MR) is 82.1 cm³/mol. The quantitative estimate of drug-likeness (QED) is 0.915. The fourth-order valence-corrected chi connectivity index (χ4v) is 3.37. The van der Waals surface area contributed by atoms with Crippen molar-refractivity contribution in [1.82, 2.24) is 4.90 Å². The molecule has 1 amide bonds. The molecule has 0 aliphatic carbocycles. The van der Waals surface area contributed by atoms with E-state index in [1.165, 1.54) is 4.90 Å². The lowest BCUT2D eigenvalue weighted by Crippen LogP contribution is -2.51. The summed E-state index contributed by atoms with van der Waals surface area (Å²) in [7, 11) is 0. The minimum Gasteiger partial charge on any atom is -0.483 e. The van der Waals surface area contributed by atoms with Gasteiger partial charge in [0.25, 0.3) is 5.91 Å². The molecule has 0 radical (unpaired) electrons. The first-order chi connectivity index (χ1) is 9.99. The minimum atomic E-state index is -0.974. The molecule has 1 aromatic rings. The van der Waals surface area contributed by atoms with Gasteiger partial charge in [0.2, 0.25) is 0 Å². The third kappa shape index (κ3) is 4.04. The van der Waals surface area contributed by atoms with Crippen molar-refractivity contribution in [2.75, 3.05) is 24.7 Å². The molecule has 1 aliphatic rings. The molecule has 0 saturated carbocycles. The van der Waals surface area contributed by atoms with E-state index in [4.69, 9.17) is 21.4 Å². The monoisotopic (exact) mass is 329 g/mol. The Morgan fingerprint density at radius 1 is 1.52 bits per heavy atom. The second-order valence-electron chi connectivity index (χ2n) is 4.71. The number of halogens is 1. The van der Waals surface area contributed by atoms with E-state index in [0.717, 1.165) is 11.3 Å². The number of aliphatic carboxylic acids is 1. The molecule has 1 aliphatic heterocycles. The highest BCUT2D eigenvalue weighted by Crippen LogP contribution is 2.22. The van der Waals surface area contributed by atoms with E-state index in [2.05, 4.69) is 0 Å². The molecule has 0 aromatic heterocycles. The third-order valence-electron chi connectivity index (χ3n) is 3.22. The van der Waals surface area contributed by atoms with Gasteiger partial charge in [-0.1, -0.05) is 11.6 Å². The fourth-order valence-electron chi connectivity index (χ4n) is 2.10. The predicted octanol–water partition coefficient (Wildman–Crippen LogP) is 2.06. The van der Waals surface area contributed by atoms with Crippen molar-refractivity contribution in [3.05, 3.63) is 28.8 Å². The average Bonchev–Trinajstić information content (AvgIpc) is 2.46. The Kier molecular flexibility index (Phi) is 5.36. The Balaban J connectivity index is 1.98. The Bertz CT molecular complexity index is 552. The van der Waals surface area contributed by atoms with Crippen LogP contribution in [0.25, 0.3) is 0 Å². The van der Waals surface area contributed by atoms with Gasteiger partial charge in [-0.3, -0.25) is 4.79 Å². The van der Waals surface area contributed by atoms with Crippen LogP contribution in [-0.4, -0.2) is 52.6 Å². The van der Waals surface area contributed by atoms with Crippen LogP contribution in [0.3, 0.4) is 0 Å². The van der Waals surface area contributed by atoms with E-state index >= 15 is 0 Å². The minimum absolute atomic E-state index is 0.170. The molecule has 1 heterocycles. The number of carbonyl (C=O) groups is 2. The van der Waals surface area contributed by atoms with Gasteiger partial charge in [0.1, 0.15) is 11.8 Å². The molecule has 1 fully saturated rings. The zero-order valence-electron chi connectivity index (χ0n) is 11.5. The molecule has 7 heteroatoms. The molecule has 1 N–H and O–H groups in total. The topological polar surface area (TPSA) is 66.8 Å². The van der Waals surface area contributed by atoms with Gasteiger partial charge in [-0.2, -0.15) is 11.8 Å². The number of benzene rings is 1. The van der Waals surface area contributed by atoms with Gasteiger partial charge in [-0.05, 0) is 30.7 Å². The Hall–Kier alpha value is -1.40. The summed E-state index contributed by atoms with van der Waals surface area (Å²) in [4.78, 5) is 24.7. The van der Waals surface area contributed by atoms with E-state index in [1.807, 2.05) is 6.92 Å². The summed E-state index contributed by atoms with van der Waals surface area (Å²) in [6, 6.07) is 4.36. The molecule has 21 heavy (non-hydrogen) atoms. The lowest BCUT2D eigenvalue weighted by atomic mass is 10.2. The summed E-state index contributed by atoms with van der Waals surface area (Å²) in [5.74, 6) is 0.456. The first-order valence-corrected chi connectivity index (χ1v) is 8.01. The number of rotatable bonds is 4. The number of hydrogen-bond acceptors (Lipinski definition) is 4. The van der Waals surface area contributed by atoms with Gasteiger partial charge in [0, 0.05) is 23.1 Å². The van der Waals surface area contributed by atoms with Gasteiger partial charge in [-0.15, -0.1) is 0 Å². The largest absolute Gasteiger partial charge is 0.483 e. The number of hydrogen-bond donors (Lipinski definition) is 1. The normalized spacial score (nSPS) is 18.4. The van der Waals surface area contributed by atoms with Crippen LogP contribution in [0, 0.1) is 6.92 Å². The third-order valence-corrected chi connectivity index (χ3v) is 4.48. The van der Waals surface area contributed by atoms with Crippen LogP contribution >= 0.6 is 23.4 Å². The molecule has 2 rings (SSSR count). The molecule has 5 nitrogen and oxygen atoms in total. The lowest BCUT2D eigenvalue weighted by molar-refractivity contribution is -0.150. The van der Waals surface area contributed by atoms with Crippen LogP contribution < -0.4 is 4.74 Å². The van der Waals surface area contributed by atoms with Crippen LogP contribution in [0.1, 0.15) is 5.56 Å². The molecular formula is C14H16ClNO4S. The first kappa shape index (κ1) is 16.0. The van der Waals surface area contributed by atoms with Gasteiger partial charge in [-0.25, -0.2) is 4.79 Å². The summed E-state index contributed by atoms with van der Waals surface area (Å²) in [5, 5.41) is 9.76. The van der Waals surface area contributed by atoms with Crippen molar-refractivity contribution in [1.29, 1.82) is 0 Å². The second kappa shape index (κ2) is 7.04. The van der Waals surface area contributed by atoms with Crippen molar-refractivity contribution in [2.24, 2.45) is 0 Å². The maximum atomic E-state index is 12.2. The maximum absolute atomic E-state index is 12.2. The number of carboxylic acid groups (broad SMARTS) is 1. The highest BCUT2D eigenvalue weighted by molar-refractivity contribution is 7.99. The first-order valence-electron chi connectivity index (χ1n) is 6.48. The van der Waals surface area contributed by atoms with Crippen molar-refractivity contribution in [2.45, 2.75) is 13.0 Å². The Morgan fingerprint density at radius 3 is 2.95 bits per heavy atom. The lowest BCUT2D eigenvalue weighted by Gasteiger charge is -2.32. The number of thioether (sulfide) groups is 1. The van der Waals surface area contributed by atoms with E-state index in [1.54, 1.807) is 30.0 Å². The van der Waals surface area contributed by atoms with Crippen LogP contribution in [0.5, 0.6) is 5.75 Å². The summed E-state index contributed by atoms with van der Waals surface area (Å²) >= 11 is 7.40. The van der Waals surface area contributed by atoms with Gasteiger partial charge in [0.15, 0.2) is 6.61 Å². The van der Waals surface area contributed by atoms with E-state index in [0.29, 0.717) is 23.1 Å². The molecule has 1 saturated heterocycles. The molecule has 114 valence electrons. The molecular weight excluding hydrogens is 314 g/mol. The summed E-state index contributed by atoms with van der Waals surface area (Å²) < 4.78 is 5.49. The molecule has 1 atom stereocenters. The van der Waals surface area contributed by atoms with Crippen molar-refractivity contribution in [3.63, 3.8) is 0 Å². The van der Waals surface area contributed by atoms with Crippen LogP contribution in [0.2, 0.25) is 5.02 Å². The number of carboxylic acids is 1. The van der Waals surface area contributed by atoms with E-state index in [-0.39, 0.29) is 12.5 Å². The van der Waals surface area contributed by atoms with Crippen LogP contribution in [0.15, 0.2) is 18.2 Å². The second-order valence-corrected chi connectivity index (χ2v) is 6.30. The Morgan fingerprint density at radius 2 is 2.29 bits per heavy atom. The van der Waals surface area contributed by atoms with Gasteiger partial charge < -0.3 is 14.7 Å². The van der Waals surface area contributed by atoms with E-state index < -0.39 is 12.0 Å². The zero-order valence-corrected chi connectivity index (χ0v) is 13.1. The Labute approximate surface area is 132 Å². The maximum Gasteiger partial charge on any atom is 0.327 e. The van der Waals surface area contributed by atoms with Crippen molar-refractivity contribution < 1.29 is 19.4 Å². The number of carbonyl (C=O) groups excluding carboxylic acids is 1. The highest BCUT2D eigenvalue weighted by Gasteiger charge is 2.32. The highest BCUT2D eigenvalue weighted by atomic mass is 35.5. The SMILES string of the molecule is Cc1cc(Cl)ccc1OCC(=O)N1CCSCC1C(=O)O. The molecule has 1 aromatic carbocycles. The molecule has 1 unspecified atom stereocenters. The van der Waals surface area contributed by atoms with Gasteiger partial charge >= 0.3 is 5.97 Å². The van der Waals surface area contributed by atoms with E-state index in [9.17, 15) is 9.59 Å². The smallest absolute Gasteiger partial charge is 0.327 e. The molecule has 0 bridgehead atoms. The van der Waals surface area contributed by atoms with Crippen molar-refractivity contribution in [3.8, 4) is 5.75 Å². The van der Waals surface area contributed by atoms with Crippen LogP contribution in [-0.2, 0) is 9.59 Å². The zero-order chi connectivity index (χ0) is 15.4. The summed E-state index contributed by atoms with van der Waals surface area (Å²) in [5.41, 5.74) is 0.833. The van der Waals surface area contributed by atoms with Crippen LogP contribution in [0.4, 0.5) is 0 Å². The fraction of sp³-hybridized carbons (Fsp3) is 0.429. The standard InChI is InChI=1S/C14H16ClNO4S/c1-9-6-10(15)2-3-12(9)20-7-13(17)16-4-5-21-8-11(16)14(18)19/h2-3,6,11H,4-5,7-8H2,1H3,(H,18,19). The van der Waals surface area contributed by atoms with Crippen molar-refractivity contribution >= 4 is 35.2 Å². The average molecular weight is 330 g/mol. The molecule has 0 spiro atoms. The summed E-state index contributed by atoms with van der Waals surface area (Å²) in [6.45, 7) is 2.10. The van der Waals surface area contributed by atoms with Gasteiger partial charge in [0.05, 0.1) is 0 Å². The number of nitrogens with zero attached hydrogens (tertiary/aromatic N) is 1. The number of amides is 1. The number of aryl methyl sites for hydroxylation is 1. The summed E-state index contributed by atoms with van der Waals surface area (Å²) in [6.07, 6.45) is 0. The number of ether oxygens (including phenoxy) is 1.